The maximum absolute atomic E-state index is 5.37. The van der Waals surface area contributed by atoms with E-state index < -0.39 is 0 Å². The van der Waals surface area contributed by atoms with Crippen molar-refractivity contribution in [2.24, 2.45) is 0 Å². The van der Waals surface area contributed by atoms with Crippen molar-refractivity contribution in [3.05, 3.63) is 231 Å². The fourth-order valence-electron chi connectivity index (χ4n) is 9.78. The van der Waals surface area contributed by atoms with Crippen LogP contribution in [0.15, 0.2) is 231 Å². The molecule has 0 aliphatic heterocycles. The molecule has 11 aromatic carbocycles. The molecule has 0 saturated heterocycles. The van der Waals surface area contributed by atoms with Crippen LogP contribution >= 0.6 is 0 Å². The molecule has 0 radical (unpaired) electrons. The lowest BCUT2D eigenvalue weighted by Crippen LogP contribution is -2.04. The number of rotatable bonds is 6. The third kappa shape index (κ3) is 6.26. The van der Waals surface area contributed by atoms with Gasteiger partial charge >= 0.3 is 0 Å². The Kier molecular flexibility index (Phi) is 8.50. The monoisotopic (exact) mass is 826 g/mol. The molecule has 13 rings (SSSR count). The molecule has 0 fully saturated rings. The maximum atomic E-state index is 5.37. The molecule has 4 nitrogen and oxygen atoms in total. The number of nitrogens with zero attached hydrogens (tertiary/aromatic N) is 4. The van der Waals surface area contributed by atoms with Crippen molar-refractivity contribution in [1.82, 2.24) is 19.5 Å². The molecule has 0 bridgehead atoms. The summed E-state index contributed by atoms with van der Waals surface area (Å²) < 4.78 is 2.53. The molecule has 0 N–H and O–H groups in total. The number of fused-ring (bicyclic) bond motifs is 7. The van der Waals surface area contributed by atoms with Crippen LogP contribution in [-0.4, -0.2) is 19.5 Å². The van der Waals surface area contributed by atoms with Crippen LogP contribution in [-0.2, 0) is 0 Å². The van der Waals surface area contributed by atoms with E-state index in [9.17, 15) is 0 Å². The van der Waals surface area contributed by atoms with Crippen LogP contribution in [0.1, 0.15) is 0 Å². The Balaban J connectivity index is 1.22. The van der Waals surface area contributed by atoms with Crippen molar-refractivity contribution in [1.29, 1.82) is 0 Å². The van der Waals surface area contributed by atoms with Gasteiger partial charge in [0.1, 0.15) is 0 Å². The van der Waals surface area contributed by atoms with Crippen molar-refractivity contribution < 1.29 is 0 Å². The second-order valence-corrected chi connectivity index (χ2v) is 16.8. The predicted molar refractivity (Wildman–Crippen MR) is 271 cm³/mol. The molecule has 0 aliphatic rings. The standard InChI is InChI=1S/C61H38N4/c1-4-16-39(17-5-1)48-30-31-50-52(33-48)55(61-63-59(41-19-6-2-7-20-41)62-60(64-61)42-21-8-3-9-22-42)38-51(49-29-28-40-18-10-11-23-43(40)32-49)58(50)65-56-36-46-26-14-12-24-44(46)34-53(56)54-35-45-25-13-15-27-47(45)37-57(54)65/h1-38H. The SMILES string of the molecule is c1ccc(-c2ccc3c(-n4c5cc6ccccc6cc5c5cc6ccccc6cc54)c(-c4ccc5ccccc5c4)cc(-c4nc(-c5ccccc5)nc(-c5ccccc5)n4)c3c2)cc1. The summed E-state index contributed by atoms with van der Waals surface area (Å²) in [4.78, 5) is 15.8. The summed E-state index contributed by atoms with van der Waals surface area (Å²) in [7, 11) is 0. The average molecular weight is 827 g/mol. The van der Waals surface area contributed by atoms with Gasteiger partial charge in [-0.3, -0.25) is 0 Å². The first-order chi connectivity index (χ1) is 32.2. The van der Waals surface area contributed by atoms with Gasteiger partial charge in [0.2, 0.25) is 0 Å². The number of hydrogen-bond donors (Lipinski definition) is 0. The number of aromatic nitrogens is 4. The van der Waals surface area contributed by atoms with E-state index in [1.807, 2.05) is 36.4 Å². The Morgan fingerprint density at radius 3 is 1.25 bits per heavy atom. The average Bonchev–Trinajstić information content (AvgIpc) is 3.68. The first kappa shape index (κ1) is 36.9. The van der Waals surface area contributed by atoms with Gasteiger partial charge in [0, 0.05) is 38.4 Å². The van der Waals surface area contributed by atoms with Gasteiger partial charge in [-0.05, 0) is 96.9 Å². The van der Waals surface area contributed by atoms with Gasteiger partial charge < -0.3 is 4.57 Å². The smallest absolute Gasteiger partial charge is 0.164 e. The fraction of sp³-hybridized carbons (Fsp3) is 0. The third-order valence-corrected chi connectivity index (χ3v) is 12.9. The van der Waals surface area contributed by atoms with E-state index in [1.165, 1.54) is 43.1 Å². The molecule has 2 aromatic heterocycles. The zero-order valence-electron chi connectivity index (χ0n) is 35.2. The molecule has 4 heteroatoms. The van der Waals surface area contributed by atoms with E-state index in [-0.39, 0.29) is 0 Å². The molecule has 0 unspecified atom stereocenters. The molecule has 0 saturated carbocycles. The van der Waals surface area contributed by atoms with E-state index in [0.717, 1.165) is 66.4 Å². The first-order valence-corrected chi connectivity index (χ1v) is 22.1. The van der Waals surface area contributed by atoms with E-state index >= 15 is 0 Å². The van der Waals surface area contributed by atoms with Crippen LogP contribution in [0.25, 0.3) is 127 Å². The van der Waals surface area contributed by atoms with Gasteiger partial charge in [-0.2, -0.15) is 0 Å². The van der Waals surface area contributed by atoms with Crippen LogP contribution in [0.3, 0.4) is 0 Å². The van der Waals surface area contributed by atoms with E-state index in [1.54, 1.807) is 0 Å². The molecular weight excluding hydrogens is 789 g/mol. The topological polar surface area (TPSA) is 43.6 Å². The molecule has 13 aromatic rings. The lowest BCUT2D eigenvalue weighted by Gasteiger charge is -2.21. The summed E-state index contributed by atoms with van der Waals surface area (Å²) >= 11 is 0. The summed E-state index contributed by atoms with van der Waals surface area (Å²) in [5.41, 5.74) is 10.6. The molecule has 302 valence electrons. The van der Waals surface area contributed by atoms with Gasteiger partial charge in [-0.1, -0.05) is 188 Å². The van der Waals surface area contributed by atoms with Gasteiger partial charge in [0.05, 0.1) is 16.7 Å². The largest absolute Gasteiger partial charge is 0.308 e. The van der Waals surface area contributed by atoms with Gasteiger partial charge in [-0.15, -0.1) is 0 Å². The number of hydrogen-bond acceptors (Lipinski definition) is 3. The highest BCUT2D eigenvalue weighted by Crippen LogP contribution is 2.46. The zero-order valence-corrected chi connectivity index (χ0v) is 35.2. The van der Waals surface area contributed by atoms with E-state index in [2.05, 4.69) is 199 Å². The molecular formula is C61H38N4. The third-order valence-electron chi connectivity index (χ3n) is 12.9. The lowest BCUT2D eigenvalue weighted by molar-refractivity contribution is 1.08. The zero-order chi connectivity index (χ0) is 42.8. The summed E-state index contributed by atoms with van der Waals surface area (Å²) in [6, 6.07) is 82.7. The highest BCUT2D eigenvalue weighted by molar-refractivity contribution is 6.19. The molecule has 0 aliphatic carbocycles. The molecule has 0 spiro atoms. The van der Waals surface area contributed by atoms with Crippen molar-refractivity contribution in [3.8, 4) is 62.1 Å². The molecule has 2 heterocycles. The van der Waals surface area contributed by atoms with E-state index in [0.29, 0.717) is 17.5 Å². The van der Waals surface area contributed by atoms with Crippen molar-refractivity contribution >= 4 is 64.9 Å². The lowest BCUT2D eigenvalue weighted by atomic mass is 9.90. The maximum Gasteiger partial charge on any atom is 0.164 e. The predicted octanol–water partition coefficient (Wildman–Crippen LogP) is 15.9. The fourth-order valence-corrected chi connectivity index (χ4v) is 9.78. The Labute approximate surface area is 375 Å². The van der Waals surface area contributed by atoms with Gasteiger partial charge in [0.15, 0.2) is 17.5 Å². The van der Waals surface area contributed by atoms with Crippen molar-refractivity contribution in [2.45, 2.75) is 0 Å². The minimum Gasteiger partial charge on any atom is -0.308 e. The van der Waals surface area contributed by atoms with Crippen LogP contribution in [0.4, 0.5) is 0 Å². The second kappa shape index (κ2) is 15.0. The highest BCUT2D eigenvalue weighted by Gasteiger charge is 2.24. The quantitative estimate of drug-likeness (QED) is 0.168. The Morgan fingerprint density at radius 1 is 0.246 bits per heavy atom. The Bertz CT molecular complexity index is 3840. The normalized spacial score (nSPS) is 11.7. The highest BCUT2D eigenvalue weighted by atomic mass is 15.0. The summed E-state index contributed by atoms with van der Waals surface area (Å²) in [6.07, 6.45) is 0. The number of benzene rings is 11. The minimum atomic E-state index is 0.612. The summed E-state index contributed by atoms with van der Waals surface area (Å²) in [5, 5.41) is 11.8. The first-order valence-electron chi connectivity index (χ1n) is 22.1. The van der Waals surface area contributed by atoms with Crippen LogP contribution < -0.4 is 0 Å². The second-order valence-electron chi connectivity index (χ2n) is 16.8. The van der Waals surface area contributed by atoms with Crippen LogP contribution in [0.5, 0.6) is 0 Å². The van der Waals surface area contributed by atoms with Crippen molar-refractivity contribution in [2.75, 3.05) is 0 Å². The summed E-state index contributed by atoms with van der Waals surface area (Å²) in [6.45, 7) is 0. The Hall–Kier alpha value is -8.73. The molecule has 0 amide bonds. The van der Waals surface area contributed by atoms with Crippen LogP contribution in [0.2, 0.25) is 0 Å². The van der Waals surface area contributed by atoms with Crippen LogP contribution in [0, 0.1) is 0 Å². The van der Waals surface area contributed by atoms with E-state index in [4.69, 9.17) is 15.0 Å². The summed E-state index contributed by atoms with van der Waals surface area (Å²) in [5.74, 6) is 1.86. The van der Waals surface area contributed by atoms with Gasteiger partial charge in [-0.25, -0.2) is 15.0 Å². The minimum absolute atomic E-state index is 0.612. The Morgan fingerprint density at radius 2 is 0.692 bits per heavy atom. The molecule has 65 heavy (non-hydrogen) atoms. The molecule has 0 atom stereocenters. The van der Waals surface area contributed by atoms with Crippen molar-refractivity contribution in [3.63, 3.8) is 0 Å². The van der Waals surface area contributed by atoms with Gasteiger partial charge in [0.25, 0.3) is 0 Å².